The van der Waals surface area contributed by atoms with Gasteiger partial charge in [-0.1, -0.05) is 0 Å². The third-order valence-electron chi connectivity index (χ3n) is 0. The fourth-order valence-electron chi connectivity index (χ4n) is 0. The maximum atomic E-state index is 8.25. The van der Waals surface area contributed by atoms with E-state index in [4.69, 9.17) is 15.3 Å². The first-order valence-corrected chi connectivity index (χ1v) is 0.548. The summed E-state index contributed by atoms with van der Waals surface area (Å²) in [7, 11) is 0. The fraction of sp³-hybridized carbons (Fsp3) is 0. The van der Waals surface area contributed by atoms with E-state index in [2.05, 4.69) is 0 Å². The van der Waals surface area contributed by atoms with Crippen molar-refractivity contribution in [2.45, 2.75) is 0 Å². The third-order valence-corrected chi connectivity index (χ3v) is 0. The second-order valence-corrected chi connectivity index (χ2v) is 0.224. The van der Waals surface area contributed by atoms with E-state index in [1.165, 1.54) is 0 Å². The van der Waals surface area contributed by atoms with Gasteiger partial charge < -0.3 is 21.5 Å². The standard InChI is InChI=1S/Ag.NO3.H3N/c;2-1(3)4;/h;;1H3/q;-1;/p+1. The Bertz CT molecular complexity index is 31.8. The number of quaternary nitrogens is 1. The van der Waals surface area contributed by atoms with Crippen molar-refractivity contribution in [2.24, 2.45) is 0 Å². The van der Waals surface area contributed by atoms with Gasteiger partial charge in [-0.25, -0.2) is 0 Å². The fourth-order valence-corrected chi connectivity index (χ4v) is 0. The molecule has 43 valence electrons. The number of hydrogen-bond donors (Lipinski definition) is 1. The summed E-state index contributed by atoms with van der Waals surface area (Å²) in [5.41, 5.74) is 0. The van der Waals surface area contributed by atoms with Gasteiger partial charge in [0.05, 0.1) is 5.09 Å². The Morgan fingerprint density at radius 3 is 1.33 bits per heavy atom. The Morgan fingerprint density at radius 1 is 1.33 bits per heavy atom. The quantitative estimate of drug-likeness (QED) is 0.332. The summed E-state index contributed by atoms with van der Waals surface area (Å²) in [5.74, 6) is 0. The summed E-state index contributed by atoms with van der Waals surface area (Å²) in [6, 6.07) is 0. The van der Waals surface area contributed by atoms with Gasteiger partial charge in [0.2, 0.25) is 0 Å². The van der Waals surface area contributed by atoms with Crippen molar-refractivity contribution in [3.05, 3.63) is 15.3 Å². The number of rotatable bonds is 0. The van der Waals surface area contributed by atoms with Gasteiger partial charge in [-0.2, -0.15) is 0 Å². The van der Waals surface area contributed by atoms with E-state index in [0.717, 1.165) is 0 Å². The van der Waals surface area contributed by atoms with E-state index in [1.807, 2.05) is 0 Å². The summed E-state index contributed by atoms with van der Waals surface area (Å²) in [6.45, 7) is 0. The molecule has 1 radical (unpaired) electrons. The van der Waals surface area contributed by atoms with E-state index in [9.17, 15) is 0 Å². The average Bonchev–Trinajstić information content (AvgIpc) is 0.811. The Hall–Kier alpha value is -0.0997. The number of hydrogen-bond acceptors (Lipinski definition) is 3. The molecule has 5 nitrogen and oxygen atoms in total. The van der Waals surface area contributed by atoms with Gasteiger partial charge in [0.1, 0.15) is 0 Å². The van der Waals surface area contributed by atoms with Crippen LogP contribution in [0.5, 0.6) is 0 Å². The predicted octanol–water partition coefficient (Wildman–Crippen LogP) is 0.135. The smallest absolute Gasteiger partial charge is 0.0689 e. The molecule has 0 aliphatic carbocycles. The molecule has 4 N–H and O–H groups in total. The molecule has 0 spiro atoms. The van der Waals surface area contributed by atoms with Crippen molar-refractivity contribution in [3.8, 4) is 0 Å². The van der Waals surface area contributed by atoms with Gasteiger partial charge in [-0.3, -0.25) is 0 Å². The monoisotopic (exact) mass is 187 g/mol. The normalized spacial score (nSPS) is 4.00. The van der Waals surface area contributed by atoms with Crippen molar-refractivity contribution in [1.29, 1.82) is 0 Å². The van der Waals surface area contributed by atoms with Gasteiger partial charge >= 0.3 is 0 Å². The summed E-state index contributed by atoms with van der Waals surface area (Å²) < 4.78 is 0. The molecule has 0 fully saturated rings. The second kappa shape index (κ2) is 8.86. The molecule has 0 aliphatic rings. The molecular formula is H4AgN2O3. The Kier molecular flexibility index (Phi) is 24.9. The van der Waals surface area contributed by atoms with Crippen molar-refractivity contribution in [2.75, 3.05) is 0 Å². The molecule has 0 saturated carbocycles. The van der Waals surface area contributed by atoms with Crippen LogP contribution >= 0.6 is 0 Å². The van der Waals surface area contributed by atoms with Gasteiger partial charge in [0, 0.05) is 22.4 Å². The van der Waals surface area contributed by atoms with Crippen LogP contribution in [-0.2, 0) is 22.4 Å². The van der Waals surface area contributed by atoms with Gasteiger partial charge in [-0.05, 0) is 0 Å². The number of nitrogens with zero attached hydrogens (tertiary/aromatic N) is 1. The van der Waals surface area contributed by atoms with Gasteiger partial charge in [-0.15, -0.1) is 0 Å². The molecule has 6 heteroatoms. The molecule has 0 amide bonds. The van der Waals surface area contributed by atoms with E-state index < -0.39 is 5.09 Å². The van der Waals surface area contributed by atoms with Gasteiger partial charge in [0.25, 0.3) is 0 Å². The maximum absolute atomic E-state index is 8.25. The molecule has 0 aromatic carbocycles. The van der Waals surface area contributed by atoms with Gasteiger partial charge in [0.15, 0.2) is 0 Å². The Balaban J connectivity index is -0.0000000450. The zero-order chi connectivity index (χ0) is 3.58. The minimum atomic E-state index is -1.75. The zero-order valence-electron chi connectivity index (χ0n) is 2.97. The van der Waals surface area contributed by atoms with Crippen LogP contribution in [0.25, 0.3) is 0 Å². The molecule has 0 heterocycles. The summed E-state index contributed by atoms with van der Waals surface area (Å²) >= 11 is 0. The molecule has 0 unspecified atom stereocenters. The molecule has 0 bridgehead atoms. The Morgan fingerprint density at radius 2 is 1.33 bits per heavy atom. The molecule has 0 atom stereocenters. The summed E-state index contributed by atoms with van der Waals surface area (Å²) in [4.78, 5) is 8.25. The largest absolute Gasteiger partial charge is 0.369 e. The Labute approximate surface area is 49.5 Å². The summed E-state index contributed by atoms with van der Waals surface area (Å²) in [6.07, 6.45) is 0. The second-order valence-electron chi connectivity index (χ2n) is 0.224. The first-order chi connectivity index (χ1) is 1.73. The average molecular weight is 188 g/mol. The van der Waals surface area contributed by atoms with Crippen LogP contribution in [-0.4, -0.2) is 5.09 Å². The van der Waals surface area contributed by atoms with Crippen LogP contribution in [0.1, 0.15) is 0 Å². The molecule has 0 aromatic heterocycles. The van der Waals surface area contributed by atoms with E-state index >= 15 is 0 Å². The molecule has 0 aromatic rings. The molecule has 0 rings (SSSR count). The van der Waals surface area contributed by atoms with Crippen molar-refractivity contribution < 1.29 is 27.5 Å². The van der Waals surface area contributed by atoms with Crippen LogP contribution in [0.2, 0.25) is 0 Å². The van der Waals surface area contributed by atoms with Crippen LogP contribution in [0, 0.1) is 15.3 Å². The van der Waals surface area contributed by atoms with Crippen LogP contribution in [0.15, 0.2) is 0 Å². The zero-order valence-corrected chi connectivity index (χ0v) is 4.46. The first kappa shape index (κ1) is 16.8. The maximum Gasteiger partial charge on any atom is 0.0689 e. The topological polar surface area (TPSA) is 103 Å². The minimum Gasteiger partial charge on any atom is -0.369 e. The van der Waals surface area contributed by atoms with Crippen LogP contribution in [0.3, 0.4) is 0 Å². The SMILES string of the molecule is O=[N+]([O-])[O-].[Ag].[NH4+]. The van der Waals surface area contributed by atoms with Crippen molar-refractivity contribution in [1.82, 2.24) is 6.15 Å². The predicted molar refractivity (Wildman–Crippen MR) is 16.3 cm³/mol. The van der Waals surface area contributed by atoms with E-state index in [-0.39, 0.29) is 28.5 Å². The minimum absolute atomic E-state index is 0. The third kappa shape index (κ3) is 3300. The van der Waals surface area contributed by atoms with Crippen LogP contribution < -0.4 is 6.15 Å². The van der Waals surface area contributed by atoms with Crippen molar-refractivity contribution >= 4 is 0 Å². The summed E-state index contributed by atoms with van der Waals surface area (Å²) in [5, 5.41) is 14.8. The molecule has 6 heavy (non-hydrogen) atoms. The molecular weight excluding hydrogens is 184 g/mol. The van der Waals surface area contributed by atoms with Crippen LogP contribution in [0.4, 0.5) is 0 Å². The van der Waals surface area contributed by atoms with E-state index in [0.29, 0.717) is 0 Å². The first-order valence-electron chi connectivity index (χ1n) is 0.548. The van der Waals surface area contributed by atoms with Crippen molar-refractivity contribution in [3.63, 3.8) is 0 Å². The molecule has 0 saturated heterocycles. The molecule has 0 aliphatic heterocycles. The van der Waals surface area contributed by atoms with E-state index in [1.54, 1.807) is 0 Å².